The first-order valence-electron chi connectivity index (χ1n) is 9.62. The van der Waals surface area contributed by atoms with E-state index < -0.39 is 0 Å². The number of carbonyl (C=O) groups is 1. The van der Waals surface area contributed by atoms with E-state index in [2.05, 4.69) is 24.8 Å². The highest BCUT2D eigenvalue weighted by Crippen LogP contribution is 2.32. The summed E-state index contributed by atoms with van der Waals surface area (Å²) in [4.78, 5) is 22.4. The van der Waals surface area contributed by atoms with Crippen LogP contribution < -0.4 is 9.64 Å². The molecule has 0 N–H and O–H groups in total. The number of amides is 1. The van der Waals surface area contributed by atoms with E-state index in [0.717, 1.165) is 40.5 Å². The molecule has 0 spiro atoms. The van der Waals surface area contributed by atoms with Crippen molar-refractivity contribution in [1.29, 1.82) is 0 Å². The molecule has 1 heterocycles. The van der Waals surface area contributed by atoms with Gasteiger partial charge in [0.25, 0.3) is 5.91 Å². The van der Waals surface area contributed by atoms with Crippen LogP contribution in [0.1, 0.15) is 29.8 Å². The fraction of sp³-hybridized carbons (Fsp3) is 0.364. The fourth-order valence-corrected chi connectivity index (χ4v) is 4.29. The molecule has 0 fully saturated rings. The quantitative estimate of drug-likeness (QED) is 0.500. The van der Waals surface area contributed by atoms with Crippen LogP contribution in [0.2, 0.25) is 0 Å². The van der Waals surface area contributed by atoms with E-state index in [0.29, 0.717) is 17.9 Å². The van der Waals surface area contributed by atoms with Crippen molar-refractivity contribution in [3.63, 3.8) is 0 Å². The number of nitrogens with zero attached hydrogens (tertiary/aromatic N) is 3. The number of anilines is 1. The highest BCUT2D eigenvalue weighted by atomic mass is 35.5. The van der Waals surface area contributed by atoms with Gasteiger partial charge in [-0.15, -0.1) is 12.4 Å². The summed E-state index contributed by atoms with van der Waals surface area (Å²) in [6.45, 7) is 9.60. The Labute approximate surface area is 182 Å². The van der Waals surface area contributed by atoms with Gasteiger partial charge in [-0.3, -0.25) is 9.69 Å². The second-order valence-corrected chi connectivity index (χ2v) is 7.61. The maximum absolute atomic E-state index is 13.5. The van der Waals surface area contributed by atoms with E-state index in [1.165, 1.54) is 0 Å². The van der Waals surface area contributed by atoms with Gasteiger partial charge in [-0.05, 0) is 43.8 Å². The number of carbonyl (C=O) groups excluding carboxylic acids is 1. The van der Waals surface area contributed by atoms with Gasteiger partial charge in [0.05, 0.1) is 22.9 Å². The average molecular weight is 434 g/mol. The topological polar surface area (TPSA) is 45.7 Å². The van der Waals surface area contributed by atoms with Crippen molar-refractivity contribution in [1.82, 2.24) is 9.88 Å². The van der Waals surface area contributed by atoms with Crippen LogP contribution in [0.3, 0.4) is 0 Å². The summed E-state index contributed by atoms with van der Waals surface area (Å²) in [5, 5.41) is 0.729. The number of likely N-dealkylation sites (N-methyl/N-ethyl adjacent to an activating group) is 1. The predicted molar refractivity (Wildman–Crippen MR) is 124 cm³/mol. The van der Waals surface area contributed by atoms with Crippen LogP contribution in [0.5, 0.6) is 5.75 Å². The summed E-state index contributed by atoms with van der Waals surface area (Å²) in [5.41, 5.74) is 2.64. The first kappa shape index (κ1) is 23.1. The minimum absolute atomic E-state index is 0. The van der Waals surface area contributed by atoms with Gasteiger partial charge in [-0.25, -0.2) is 4.98 Å². The Morgan fingerprint density at radius 2 is 1.79 bits per heavy atom. The number of rotatable bonds is 8. The molecule has 0 bridgehead atoms. The lowest BCUT2D eigenvalue weighted by atomic mass is 10.1. The lowest BCUT2D eigenvalue weighted by Gasteiger charge is -2.25. The van der Waals surface area contributed by atoms with Gasteiger partial charge in [-0.2, -0.15) is 0 Å². The van der Waals surface area contributed by atoms with Gasteiger partial charge < -0.3 is 9.64 Å². The summed E-state index contributed by atoms with van der Waals surface area (Å²) < 4.78 is 6.52. The molecule has 0 aliphatic rings. The molecule has 0 aliphatic heterocycles. The number of ether oxygens (including phenoxy) is 1. The van der Waals surface area contributed by atoms with Crippen molar-refractivity contribution >= 4 is 45.0 Å². The van der Waals surface area contributed by atoms with Gasteiger partial charge in [0.15, 0.2) is 5.13 Å². The number of thiazole rings is 1. The number of methoxy groups -OCH3 is 1. The zero-order valence-electron chi connectivity index (χ0n) is 17.3. The van der Waals surface area contributed by atoms with Gasteiger partial charge in [-0.1, -0.05) is 49.4 Å². The Morgan fingerprint density at radius 3 is 2.45 bits per heavy atom. The summed E-state index contributed by atoms with van der Waals surface area (Å²) >= 11 is 1.56. The monoisotopic (exact) mass is 433 g/mol. The van der Waals surface area contributed by atoms with Crippen molar-refractivity contribution in [2.24, 2.45) is 0 Å². The smallest absolute Gasteiger partial charge is 0.263 e. The van der Waals surface area contributed by atoms with Crippen LogP contribution in [-0.2, 0) is 0 Å². The van der Waals surface area contributed by atoms with Crippen molar-refractivity contribution in [3.05, 3.63) is 53.6 Å². The molecule has 3 aromatic rings. The second kappa shape index (κ2) is 10.6. The Balaban J connectivity index is 0.00000300. The van der Waals surface area contributed by atoms with Crippen LogP contribution in [0.25, 0.3) is 10.2 Å². The third kappa shape index (κ3) is 5.07. The number of hydrogen-bond donors (Lipinski definition) is 0. The maximum atomic E-state index is 13.5. The highest BCUT2D eigenvalue weighted by molar-refractivity contribution is 7.22. The Hall–Kier alpha value is -2.15. The van der Waals surface area contributed by atoms with E-state index in [9.17, 15) is 4.79 Å². The Morgan fingerprint density at radius 1 is 1.07 bits per heavy atom. The lowest BCUT2D eigenvalue weighted by Crippen LogP contribution is -2.39. The molecular weight excluding hydrogens is 406 g/mol. The first-order chi connectivity index (χ1) is 13.6. The highest BCUT2D eigenvalue weighted by Gasteiger charge is 2.24. The molecule has 0 radical (unpaired) electrons. The Bertz CT molecular complexity index is 956. The predicted octanol–water partition coefficient (Wildman–Crippen LogP) is 5.02. The molecule has 7 heteroatoms. The fourth-order valence-electron chi connectivity index (χ4n) is 3.22. The van der Waals surface area contributed by atoms with Gasteiger partial charge in [0.1, 0.15) is 5.75 Å². The first-order valence-corrected chi connectivity index (χ1v) is 10.4. The summed E-state index contributed by atoms with van der Waals surface area (Å²) in [6.07, 6.45) is 0. The molecule has 0 saturated carbocycles. The van der Waals surface area contributed by atoms with Gasteiger partial charge in [0, 0.05) is 13.1 Å². The molecular formula is C22H28ClN3O2S. The van der Waals surface area contributed by atoms with E-state index in [1.807, 2.05) is 43.3 Å². The van der Waals surface area contributed by atoms with E-state index >= 15 is 0 Å². The number of aryl methyl sites for hydroxylation is 1. The van der Waals surface area contributed by atoms with E-state index in [-0.39, 0.29) is 18.3 Å². The standard InChI is InChI=1S/C22H27N3O2S.ClH/c1-5-24(6-2)14-15-25(21(26)17-11-7-8-12-18(17)27-4)22-23-20-16(3)10-9-13-19(20)28-22;/h7-13H,5-6,14-15H2,1-4H3;1H. The Kier molecular flexibility index (Phi) is 8.44. The third-order valence-corrected chi connectivity index (χ3v) is 6.00. The molecule has 5 nitrogen and oxygen atoms in total. The second-order valence-electron chi connectivity index (χ2n) is 6.60. The molecule has 0 atom stereocenters. The van der Waals surface area contributed by atoms with Crippen LogP contribution in [-0.4, -0.2) is 49.1 Å². The zero-order chi connectivity index (χ0) is 20.1. The van der Waals surface area contributed by atoms with Crippen molar-refractivity contribution in [2.45, 2.75) is 20.8 Å². The molecule has 2 aromatic carbocycles. The normalized spacial score (nSPS) is 10.8. The number of fused-ring (bicyclic) bond motifs is 1. The van der Waals surface area contributed by atoms with Crippen molar-refractivity contribution in [3.8, 4) is 5.75 Å². The molecule has 1 amide bonds. The molecule has 29 heavy (non-hydrogen) atoms. The van der Waals surface area contributed by atoms with Crippen molar-refractivity contribution < 1.29 is 9.53 Å². The van der Waals surface area contributed by atoms with Gasteiger partial charge >= 0.3 is 0 Å². The van der Waals surface area contributed by atoms with Crippen molar-refractivity contribution in [2.75, 3.05) is 38.2 Å². The zero-order valence-corrected chi connectivity index (χ0v) is 19.0. The summed E-state index contributed by atoms with van der Waals surface area (Å²) in [7, 11) is 1.59. The number of hydrogen-bond acceptors (Lipinski definition) is 5. The minimum atomic E-state index is -0.0821. The number of aromatic nitrogens is 1. The van der Waals surface area contributed by atoms with Crippen LogP contribution in [0.15, 0.2) is 42.5 Å². The number of benzene rings is 2. The summed E-state index contributed by atoms with van der Waals surface area (Å²) in [5.74, 6) is 0.499. The molecule has 1 aromatic heterocycles. The molecule has 156 valence electrons. The van der Waals surface area contributed by atoms with Crippen LogP contribution in [0, 0.1) is 6.92 Å². The SMILES string of the molecule is CCN(CC)CCN(C(=O)c1ccccc1OC)c1nc2c(C)cccc2s1.Cl. The van der Waals surface area contributed by atoms with Gasteiger partial charge in [0.2, 0.25) is 0 Å². The minimum Gasteiger partial charge on any atom is -0.496 e. The molecule has 0 aliphatic carbocycles. The largest absolute Gasteiger partial charge is 0.496 e. The number of para-hydroxylation sites is 2. The lowest BCUT2D eigenvalue weighted by molar-refractivity contribution is 0.0981. The van der Waals surface area contributed by atoms with E-state index in [1.54, 1.807) is 23.3 Å². The third-order valence-electron chi connectivity index (χ3n) is 4.96. The van der Waals surface area contributed by atoms with Crippen LogP contribution in [0.4, 0.5) is 5.13 Å². The van der Waals surface area contributed by atoms with E-state index in [4.69, 9.17) is 9.72 Å². The number of halogens is 1. The maximum Gasteiger partial charge on any atom is 0.263 e. The molecule has 3 rings (SSSR count). The summed E-state index contributed by atoms with van der Waals surface area (Å²) in [6, 6.07) is 13.5. The molecule has 0 unspecified atom stereocenters. The average Bonchev–Trinajstić information content (AvgIpc) is 3.16. The van der Waals surface area contributed by atoms with Crippen LogP contribution >= 0.6 is 23.7 Å². The molecule has 0 saturated heterocycles.